The van der Waals surface area contributed by atoms with Crippen LogP contribution in [0.3, 0.4) is 0 Å². The Morgan fingerprint density at radius 3 is 2.90 bits per heavy atom. The number of rotatable bonds is 2. The molecular weight excluding hydrogens is 152 g/mol. The molecule has 0 aromatic carbocycles. The quantitative estimate of drug-likeness (QED) is 0.390. The summed E-state index contributed by atoms with van der Waals surface area (Å²) in [6, 6.07) is 0. The van der Waals surface area contributed by atoms with Crippen molar-refractivity contribution < 1.29 is 10.0 Å². The van der Waals surface area contributed by atoms with Crippen molar-refractivity contribution in [2.75, 3.05) is 6.26 Å². The summed E-state index contributed by atoms with van der Waals surface area (Å²) < 4.78 is 0.762. The molecule has 1 N–H and O–H groups in total. The van der Waals surface area contributed by atoms with E-state index in [1.54, 1.807) is 6.26 Å². The predicted molar refractivity (Wildman–Crippen MR) is 36.6 cm³/mol. The van der Waals surface area contributed by atoms with Gasteiger partial charge in [-0.05, 0) is 6.26 Å². The third-order valence-corrected chi connectivity index (χ3v) is 1.68. The van der Waals surface area contributed by atoms with E-state index < -0.39 is 0 Å². The van der Waals surface area contributed by atoms with Crippen molar-refractivity contribution in [3.8, 4) is 0 Å². The molecule has 0 radical (unpaired) electrons. The summed E-state index contributed by atoms with van der Waals surface area (Å²) in [7, 11) is 0. The zero-order valence-electron chi connectivity index (χ0n) is 5.31. The average Bonchev–Trinajstić information content (AvgIpc) is 2.30. The van der Waals surface area contributed by atoms with Gasteiger partial charge in [-0.1, -0.05) is 11.8 Å². The summed E-state index contributed by atoms with van der Waals surface area (Å²) in [6.07, 6.45) is 3.63. The van der Waals surface area contributed by atoms with Crippen molar-refractivity contribution in [3.63, 3.8) is 0 Å². The Bertz CT molecular complexity index is 246. The Morgan fingerprint density at radius 1 is 1.90 bits per heavy atom. The molecule has 0 aliphatic heterocycles. The van der Waals surface area contributed by atoms with Gasteiger partial charge in [-0.3, -0.25) is 4.79 Å². The Morgan fingerprint density at radius 2 is 2.60 bits per heavy atom. The fourth-order valence-corrected chi connectivity index (χ4v) is 0.997. The normalized spacial score (nSPS) is 9.70. The van der Waals surface area contributed by atoms with Crippen molar-refractivity contribution in [1.29, 1.82) is 0 Å². The summed E-state index contributed by atoms with van der Waals surface area (Å²) >= 11 is 1.27. The number of aromatic nitrogens is 2. The molecular formula is C5H6N2O2S. The van der Waals surface area contributed by atoms with Gasteiger partial charge in [0, 0.05) is 0 Å². The number of imidazole rings is 1. The van der Waals surface area contributed by atoms with Gasteiger partial charge >= 0.3 is 0 Å². The smallest absolute Gasteiger partial charge is 0.203 e. The lowest BCUT2D eigenvalue weighted by atomic mass is 10.5. The monoisotopic (exact) mass is 158 g/mol. The molecule has 0 saturated heterocycles. The van der Waals surface area contributed by atoms with E-state index in [4.69, 9.17) is 5.21 Å². The van der Waals surface area contributed by atoms with E-state index in [-0.39, 0.29) is 5.69 Å². The molecule has 1 heterocycles. The second kappa shape index (κ2) is 2.74. The van der Waals surface area contributed by atoms with Crippen LogP contribution in [0.15, 0.2) is 11.4 Å². The second-order valence-corrected chi connectivity index (χ2v) is 2.37. The SMILES string of the molecule is CSc1ncc(C=O)n1O. The fraction of sp³-hybridized carbons (Fsp3) is 0.200. The molecule has 54 valence electrons. The van der Waals surface area contributed by atoms with E-state index in [1.165, 1.54) is 18.0 Å². The Hall–Kier alpha value is -0.970. The predicted octanol–water partition coefficient (Wildman–Crippen LogP) is 0.655. The average molecular weight is 158 g/mol. The molecule has 5 heteroatoms. The summed E-state index contributed by atoms with van der Waals surface area (Å²) in [5, 5.41) is 9.45. The molecule has 0 amide bonds. The molecule has 0 aliphatic carbocycles. The number of carbonyl (C=O) groups excluding carboxylic acids is 1. The molecule has 0 saturated carbocycles. The minimum Gasteiger partial charge on any atom is -0.426 e. The van der Waals surface area contributed by atoms with Gasteiger partial charge in [0.25, 0.3) is 0 Å². The van der Waals surface area contributed by atoms with Crippen LogP contribution in [0, 0.1) is 0 Å². The number of aldehydes is 1. The van der Waals surface area contributed by atoms with Crippen molar-refractivity contribution in [3.05, 3.63) is 11.9 Å². The Balaban J connectivity index is 3.08. The highest BCUT2D eigenvalue weighted by atomic mass is 32.2. The highest BCUT2D eigenvalue weighted by molar-refractivity contribution is 7.98. The first-order chi connectivity index (χ1) is 4.79. The minimum atomic E-state index is 0.171. The first-order valence-electron chi connectivity index (χ1n) is 2.55. The molecule has 1 aromatic rings. The van der Waals surface area contributed by atoms with Crippen LogP contribution in [0.1, 0.15) is 10.5 Å². The number of hydrogen-bond donors (Lipinski definition) is 1. The Kier molecular flexibility index (Phi) is 1.96. The Labute approximate surface area is 61.8 Å². The summed E-state index contributed by atoms with van der Waals surface area (Å²) in [4.78, 5) is 13.9. The molecule has 10 heavy (non-hydrogen) atoms. The van der Waals surface area contributed by atoms with Crippen LogP contribution in [0.25, 0.3) is 0 Å². The van der Waals surface area contributed by atoms with E-state index >= 15 is 0 Å². The maximum Gasteiger partial charge on any atom is 0.203 e. The van der Waals surface area contributed by atoms with Gasteiger partial charge in [-0.15, -0.1) is 0 Å². The first kappa shape index (κ1) is 7.14. The van der Waals surface area contributed by atoms with Gasteiger partial charge in [0.15, 0.2) is 6.29 Å². The maximum absolute atomic E-state index is 10.1. The molecule has 1 rings (SSSR count). The third kappa shape index (κ3) is 0.995. The van der Waals surface area contributed by atoms with Crippen LogP contribution in [-0.2, 0) is 0 Å². The van der Waals surface area contributed by atoms with E-state index in [0.717, 1.165) is 4.73 Å². The first-order valence-corrected chi connectivity index (χ1v) is 3.78. The molecule has 0 bridgehead atoms. The lowest BCUT2D eigenvalue weighted by Gasteiger charge is -1.94. The van der Waals surface area contributed by atoms with Crippen LogP contribution in [0.4, 0.5) is 0 Å². The van der Waals surface area contributed by atoms with Crippen LogP contribution in [0.2, 0.25) is 0 Å². The van der Waals surface area contributed by atoms with Crippen molar-refractivity contribution in [2.24, 2.45) is 0 Å². The number of carbonyl (C=O) groups is 1. The summed E-state index contributed by atoms with van der Waals surface area (Å²) in [6.45, 7) is 0. The van der Waals surface area contributed by atoms with Crippen molar-refractivity contribution in [1.82, 2.24) is 9.71 Å². The highest BCUT2D eigenvalue weighted by Gasteiger charge is 2.04. The van der Waals surface area contributed by atoms with Gasteiger partial charge in [-0.25, -0.2) is 4.98 Å². The van der Waals surface area contributed by atoms with E-state index in [9.17, 15) is 4.79 Å². The number of hydrogen-bond acceptors (Lipinski definition) is 4. The van der Waals surface area contributed by atoms with Crippen molar-refractivity contribution in [2.45, 2.75) is 5.16 Å². The molecule has 0 fully saturated rings. The lowest BCUT2D eigenvalue weighted by Crippen LogP contribution is -1.96. The maximum atomic E-state index is 10.1. The van der Waals surface area contributed by atoms with Gasteiger partial charge < -0.3 is 5.21 Å². The largest absolute Gasteiger partial charge is 0.426 e. The molecule has 4 nitrogen and oxygen atoms in total. The van der Waals surface area contributed by atoms with Gasteiger partial charge in [0.05, 0.1) is 6.20 Å². The van der Waals surface area contributed by atoms with Crippen LogP contribution in [-0.4, -0.2) is 27.5 Å². The third-order valence-electron chi connectivity index (χ3n) is 1.04. The van der Waals surface area contributed by atoms with Gasteiger partial charge in [0.2, 0.25) is 5.16 Å². The fourth-order valence-electron chi connectivity index (χ4n) is 0.561. The van der Waals surface area contributed by atoms with Crippen LogP contribution < -0.4 is 0 Å². The zero-order chi connectivity index (χ0) is 7.56. The second-order valence-electron chi connectivity index (χ2n) is 1.60. The lowest BCUT2D eigenvalue weighted by molar-refractivity contribution is 0.105. The standard InChI is InChI=1S/C5H6N2O2S/c1-10-5-6-2-4(3-8)7(5)9/h2-3,9H,1H3. The molecule has 1 aromatic heterocycles. The van der Waals surface area contributed by atoms with Gasteiger partial charge in [0.1, 0.15) is 5.69 Å². The molecule has 0 aliphatic rings. The zero-order valence-corrected chi connectivity index (χ0v) is 6.13. The van der Waals surface area contributed by atoms with Gasteiger partial charge in [-0.2, -0.15) is 4.73 Å². The van der Waals surface area contributed by atoms with Crippen molar-refractivity contribution >= 4 is 18.0 Å². The van der Waals surface area contributed by atoms with Crippen LogP contribution >= 0.6 is 11.8 Å². The summed E-state index contributed by atoms with van der Waals surface area (Å²) in [5.41, 5.74) is 0.171. The number of nitrogens with zero attached hydrogens (tertiary/aromatic N) is 2. The van der Waals surface area contributed by atoms with E-state index in [2.05, 4.69) is 4.98 Å². The van der Waals surface area contributed by atoms with Crippen LogP contribution in [0.5, 0.6) is 0 Å². The highest BCUT2D eigenvalue weighted by Crippen LogP contribution is 2.11. The molecule has 0 spiro atoms. The topological polar surface area (TPSA) is 55.1 Å². The molecule has 0 atom stereocenters. The summed E-state index contributed by atoms with van der Waals surface area (Å²) in [5.74, 6) is 0. The van der Waals surface area contributed by atoms with E-state index in [1.807, 2.05) is 0 Å². The molecule has 0 unspecified atom stereocenters. The number of thioether (sulfide) groups is 1. The minimum absolute atomic E-state index is 0.171. The van der Waals surface area contributed by atoms with E-state index in [0.29, 0.717) is 11.4 Å².